The van der Waals surface area contributed by atoms with Gasteiger partial charge in [-0.25, -0.2) is 4.79 Å². The molecule has 1 spiro atoms. The lowest BCUT2D eigenvalue weighted by molar-refractivity contribution is -0.131. The van der Waals surface area contributed by atoms with Crippen LogP contribution in [0, 0.1) is 13.8 Å². The number of rotatable bonds is 3. The zero-order valence-electron chi connectivity index (χ0n) is 14.8. The normalized spacial score (nSPS) is 21.2. The first-order chi connectivity index (χ1) is 12.4. The van der Waals surface area contributed by atoms with E-state index < -0.39 is 11.6 Å². The van der Waals surface area contributed by atoms with E-state index in [4.69, 9.17) is 0 Å². The Balaban J connectivity index is 1.62. The molecule has 0 unspecified atom stereocenters. The van der Waals surface area contributed by atoms with E-state index in [1.807, 2.05) is 50.2 Å². The maximum Gasteiger partial charge on any atom is 0.325 e. The minimum Gasteiger partial charge on any atom is -0.319 e. The van der Waals surface area contributed by atoms with Gasteiger partial charge in [0.2, 0.25) is 0 Å². The third kappa shape index (κ3) is 2.35. The topological polar surface area (TPSA) is 66.5 Å². The second-order valence-electron chi connectivity index (χ2n) is 7.13. The Kier molecular flexibility index (Phi) is 3.68. The Hall–Kier alpha value is -2.95. The van der Waals surface area contributed by atoms with Crippen molar-refractivity contribution >= 4 is 17.7 Å². The van der Waals surface area contributed by atoms with Gasteiger partial charge in [0.05, 0.1) is 6.54 Å². The van der Waals surface area contributed by atoms with Crippen LogP contribution in [0.1, 0.15) is 39.0 Å². The average Bonchev–Trinajstić information content (AvgIpc) is 3.09. The first-order valence-electron chi connectivity index (χ1n) is 8.75. The van der Waals surface area contributed by atoms with Crippen LogP contribution in [0.25, 0.3) is 0 Å². The molecule has 132 valence electrons. The van der Waals surface area contributed by atoms with Crippen molar-refractivity contribution in [3.05, 3.63) is 70.3 Å². The van der Waals surface area contributed by atoms with Gasteiger partial charge in [-0.15, -0.1) is 0 Å². The number of carbonyl (C=O) groups is 3. The smallest absolute Gasteiger partial charge is 0.319 e. The number of benzene rings is 2. The maximum absolute atomic E-state index is 13.1. The first kappa shape index (κ1) is 16.5. The number of nitrogens with zero attached hydrogens (tertiary/aromatic N) is 1. The number of hydrogen-bond donors (Lipinski definition) is 1. The van der Waals surface area contributed by atoms with Gasteiger partial charge in [-0.05, 0) is 43.4 Å². The molecule has 0 aromatic heterocycles. The number of Topliss-reactive ketones (excluding diaryl/α,β-unsaturated/α-hetero) is 1. The number of aryl methyl sites for hydroxylation is 3. The molecule has 1 aliphatic heterocycles. The zero-order valence-corrected chi connectivity index (χ0v) is 14.8. The average molecular weight is 348 g/mol. The lowest BCUT2D eigenvalue weighted by Gasteiger charge is -2.22. The second-order valence-corrected chi connectivity index (χ2v) is 7.13. The van der Waals surface area contributed by atoms with Gasteiger partial charge in [0, 0.05) is 5.56 Å². The number of hydrogen-bond acceptors (Lipinski definition) is 3. The number of urea groups is 1. The van der Waals surface area contributed by atoms with Crippen molar-refractivity contribution in [2.75, 3.05) is 6.54 Å². The predicted octanol–water partition coefficient (Wildman–Crippen LogP) is 2.88. The van der Waals surface area contributed by atoms with Crippen LogP contribution in [-0.4, -0.2) is 29.2 Å². The molecule has 1 atom stereocenters. The molecule has 1 fully saturated rings. The summed E-state index contributed by atoms with van der Waals surface area (Å²) >= 11 is 0. The van der Waals surface area contributed by atoms with Crippen LogP contribution in [-0.2, 0) is 16.8 Å². The van der Waals surface area contributed by atoms with E-state index in [2.05, 4.69) is 5.32 Å². The second kappa shape index (κ2) is 5.80. The molecule has 4 rings (SSSR count). The van der Waals surface area contributed by atoms with Gasteiger partial charge >= 0.3 is 6.03 Å². The van der Waals surface area contributed by atoms with Crippen molar-refractivity contribution in [3.8, 4) is 0 Å². The van der Waals surface area contributed by atoms with Gasteiger partial charge < -0.3 is 5.32 Å². The van der Waals surface area contributed by atoms with Crippen LogP contribution in [0.3, 0.4) is 0 Å². The van der Waals surface area contributed by atoms with Crippen LogP contribution in [0.5, 0.6) is 0 Å². The molecule has 1 aliphatic carbocycles. The standard InChI is InChI=1S/C21H20N2O3/c1-13-7-8-16(14(2)11-13)18(24)12-23-19(25)21(22-20(23)26)10-9-15-5-3-4-6-17(15)21/h3-8,11H,9-10,12H2,1-2H3,(H,22,26)/t21-/m0/s1. The number of fused-ring (bicyclic) bond motifs is 2. The molecular formula is C21H20N2O3. The monoisotopic (exact) mass is 348 g/mol. The van der Waals surface area contributed by atoms with Gasteiger partial charge in [0.25, 0.3) is 5.91 Å². The lowest BCUT2D eigenvalue weighted by atomic mass is 9.91. The largest absolute Gasteiger partial charge is 0.325 e. The highest BCUT2D eigenvalue weighted by atomic mass is 16.2. The summed E-state index contributed by atoms with van der Waals surface area (Å²) < 4.78 is 0. The number of nitrogens with one attached hydrogen (secondary N) is 1. The van der Waals surface area contributed by atoms with Crippen LogP contribution >= 0.6 is 0 Å². The zero-order chi connectivity index (χ0) is 18.5. The van der Waals surface area contributed by atoms with Gasteiger partial charge in [-0.2, -0.15) is 0 Å². The van der Waals surface area contributed by atoms with E-state index in [1.165, 1.54) is 0 Å². The van der Waals surface area contributed by atoms with E-state index >= 15 is 0 Å². The quantitative estimate of drug-likeness (QED) is 0.685. The van der Waals surface area contributed by atoms with E-state index in [0.717, 1.165) is 33.6 Å². The van der Waals surface area contributed by atoms with Gasteiger partial charge in [-0.3, -0.25) is 14.5 Å². The highest BCUT2D eigenvalue weighted by Crippen LogP contribution is 2.41. The van der Waals surface area contributed by atoms with Crippen LogP contribution in [0.15, 0.2) is 42.5 Å². The molecular weight excluding hydrogens is 328 g/mol. The van der Waals surface area contributed by atoms with Gasteiger partial charge in [0.1, 0.15) is 5.54 Å². The molecule has 2 aromatic rings. The highest BCUT2D eigenvalue weighted by molar-refractivity contribution is 6.12. The molecule has 1 N–H and O–H groups in total. The Labute approximate surface area is 152 Å². The van der Waals surface area contributed by atoms with E-state index in [9.17, 15) is 14.4 Å². The lowest BCUT2D eigenvalue weighted by Crippen LogP contribution is -2.42. The molecule has 2 aliphatic rings. The summed E-state index contributed by atoms with van der Waals surface area (Å²) in [5.41, 5.74) is 3.36. The Morgan fingerprint density at radius 3 is 2.69 bits per heavy atom. The van der Waals surface area contributed by atoms with Crippen molar-refractivity contribution in [1.82, 2.24) is 10.2 Å². The Morgan fingerprint density at radius 1 is 1.15 bits per heavy atom. The maximum atomic E-state index is 13.1. The van der Waals surface area contributed by atoms with Crippen LogP contribution < -0.4 is 5.32 Å². The fraction of sp³-hybridized carbons (Fsp3) is 0.286. The van der Waals surface area contributed by atoms with E-state index in [1.54, 1.807) is 6.07 Å². The molecule has 0 saturated carbocycles. The highest BCUT2D eigenvalue weighted by Gasteiger charge is 2.55. The Bertz CT molecular complexity index is 950. The third-order valence-electron chi connectivity index (χ3n) is 5.41. The predicted molar refractivity (Wildman–Crippen MR) is 96.9 cm³/mol. The molecule has 0 bridgehead atoms. The summed E-state index contributed by atoms with van der Waals surface area (Å²) in [6.45, 7) is 3.58. The number of imide groups is 1. The molecule has 5 nitrogen and oxygen atoms in total. The van der Waals surface area contributed by atoms with Crippen molar-refractivity contribution in [2.45, 2.75) is 32.2 Å². The minimum absolute atomic E-state index is 0.227. The Morgan fingerprint density at radius 2 is 1.92 bits per heavy atom. The molecule has 0 radical (unpaired) electrons. The summed E-state index contributed by atoms with van der Waals surface area (Å²) in [5, 5.41) is 2.85. The number of ketones is 1. The fourth-order valence-electron chi connectivity index (χ4n) is 4.09. The minimum atomic E-state index is -1.02. The van der Waals surface area contributed by atoms with Gasteiger partial charge in [-0.1, -0.05) is 48.0 Å². The molecule has 5 heteroatoms. The van der Waals surface area contributed by atoms with Crippen molar-refractivity contribution in [3.63, 3.8) is 0 Å². The molecule has 3 amide bonds. The number of amides is 3. The van der Waals surface area contributed by atoms with Crippen molar-refractivity contribution < 1.29 is 14.4 Å². The molecule has 1 saturated heterocycles. The summed E-state index contributed by atoms with van der Waals surface area (Å²) in [5.74, 6) is -0.556. The van der Waals surface area contributed by atoms with E-state index in [-0.39, 0.29) is 18.2 Å². The summed E-state index contributed by atoms with van der Waals surface area (Å²) in [6, 6.07) is 12.7. The molecule has 1 heterocycles. The summed E-state index contributed by atoms with van der Waals surface area (Å²) in [4.78, 5) is 39.4. The third-order valence-corrected chi connectivity index (χ3v) is 5.41. The van der Waals surface area contributed by atoms with Gasteiger partial charge in [0.15, 0.2) is 5.78 Å². The van der Waals surface area contributed by atoms with Crippen molar-refractivity contribution in [1.29, 1.82) is 0 Å². The number of carbonyl (C=O) groups excluding carboxylic acids is 3. The first-order valence-corrected chi connectivity index (χ1v) is 8.75. The molecule has 2 aromatic carbocycles. The SMILES string of the molecule is Cc1ccc(C(=O)CN2C(=O)N[C@]3(CCc4ccccc43)C2=O)c(C)c1. The van der Waals surface area contributed by atoms with Crippen LogP contribution in [0.4, 0.5) is 4.79 Å². The van der Waals surface area contributed by atoms with Crippen LogP contribution in [0.2, 0.25) is 0 Å². The van der Waals surface area contributed by atoms with E-state index in [0.29, 0.717) is 12.0 Å². The summed E-state index contributed by atoms with van der Waals surface area (Å²) in [6.07, 6.45) is 1.27. The molecule has 26 heavy (non-hydrogen) atoms. The fourth-order valence-corrected chi connectivity index (χ4v) is 4.09. The van der Waals surface area contributed by atoms with Crippen molar-refractivity contribution in [2.24, 2.45) is 0 Å². The summed E-state index contributed by atoms with van der Waals surface area (Å²) in [7, 11) is 0.